The van der Waals surface area contributed by atoms with Gasteiger partial charge in [0, 0.05) is 27.6 Å². The lowest BCUT2D eigenvalue weighted by Gasteiger charge is -2.15. The first-order valence-corrected chi connectivity index (χ1v) is 11.6. The first kappa shape index (κ1) is 22.6. The summed E-state index contributed by atoms with van der Waals surface area (Å²) in [7, 11) is 3.16. The summed E-state index contributed by atoms with van der Waals surface area (Å²) in [6.45, 7) is 0. The number of hydrogen-bond acceptors (Lipinski definition) is 6. The van der Waals surface area contributed by atoms with Crippen molar-refractivity contribution in [2.45, 2.75) is 0 Å². The zero-order valence-corrected chi connectivity index (χ0v) is 19.9. The Labute approximate surface area is 205 Å². The van der Waals surface area contributed by atoms with Gasteiger partial charge in [-0.25, -0.2) is 9.37 Å². The van der Waals surface area contributed by atoms with Crippen molar-refractivity contribution in [2.24, 2.45) is 0 Å². The van der Waals surface area contributed by atoms with E-state index in [9.17, 15) is 9.18 Å². The van der Waals surface area contributed by atoms with Crippen LogP contribution in [-0.4, -0.2) is 25.0 Å². The van der Waals surface area contributed by atoms with E-state index in [2.05, 4.69) is 0 Å². The van der Waals surface area contributed by atoms with E-state index in [1.54, 1.807) is 14.2 Å². The fourth-order valence-electron chi connectivity index (χ4n) is 4.09. The Morgan fingerprint density at radius 3 is 2.34 bits per heavy atom. The summed E-state index contributed by atoms with van der Waals surface area (Å²) in [4.78, 5) is 19.1. The number of rotatable bonds is 6. The average Bonchev–Trinajstić information content (AvgIpc) is 3.24. The van der Waals surface area contributed by atoms with Crippen LogP contribution in [0.1, 0.15) is 15.2 Å². The minimum Gasteiger partial charge on any atom is -0.493 e. The van der Waals surface area contributed by atoms with Crippen LogP contribution in [0.2, 0.25) is 0 Å². The standard InChI is InChI=1S/C28H21FN2O3S/c1-33-22-10-6-9-19(26(22)34-2)20-15-21(16-7-4-3-5-8-16)31-28-23(20)24(30)27(35-28)25(32)17-11-13-18(29)14-12-17/h3-15H,30H2,1-2H3. The maximum atomic E-state index is 13.4. The largest absolute Gasteiger partial charge is 0.493 e. The smallest absolute Gasteiger partial charge is 0.205 e. The molecule has 0 saturated heterocycles. The van der Waals surface area contributed by atoms with Crippen LogP contribution in [0, 0.1) is 5.82 Å². The highest BCUT2D eigenvalue weighted by molar-refractivity contribution is 7.21. The van der Waals surface area contributed by atoms with Crippen LogP contribution in [0.3, 0.4) is 0 Å². The number of methoxy groups -OCH3 is 2. The number of nitrogens with two attached hydrogens (primary N) is 1. The quantitative estimate of drug-likeness (QED) is 0.275. The summed E-state index contributed by atoms with van der Waals surface area (Å²) in [6.07, 6.45) is 0. The molecule has 0 aliphatic carbocycles. The molecule has 7 heteroatoms. The molecule has 5 nitrogen and oxygen atoms in total. The first-order chi connectivity index (χ1) is 17.0. The average molecular weight is 485 g/mol. The fourth-order valence-corrected chi connectivity index (χ4v) is 5.17. The van der Waals surface area contributed by atoms with Crippen molar-refractivity contribution < 1.29 is 18.7 Å². The lowest BCUT2D eigenvalue weighted by molar-refractivity contribution is 0.104. The summed E-state index contributed by atoms with van der Waals surface area (Å²) in [5.41, 5.74) is 10.5. The lowest BCUT2D eigenvalue weighted by Crippen LogP contribution is -2.02. The second-order valence-corrected chi connectivity index (χ2v) is 8.82. The summed E-state index contributed by atoms with van der Waals surface area (Å²) < 4.78 is 24.6. The molecule has 2 N–H and O–H groups in total. The number of aromatic nitrogens is 1. The molecule has 3 aromatic carbocycles. The van der Waals surface area contributed by atoms with E-state index >= 15 is 0 Å². The Balaban J connectivity index is 1.80. The number of carbonyl (C=O) groups is 1. The monoisotopic (exact) mass is 484 g/mol. The van der Waals surface area contributed by atoms with E-state index in [0.29, 0.717) is 37.8 Å². The van der Waals surface area contributed by atoms with Crippen LogP contribution < -0.4 is 15.2 Å². The minimum absolute atomic E-state index is 0.282. The second-order valence-electron chi connectivity index (χ2n) is 7.82. The molecule has 2 heterocycles. The molecule has 2 aromatic heterocycles. The van der Waals surface area contributed by atoms with Gasteiger partial charge in [0.1, 0.15) is 15.5 Å². The molecule has 0 fully saturated rings. The Hall–Kier alpha value is -4.23. The number of nitrogens with zero attached hydrogens (tertiary/aromatic N) is 1. The number of para-hydroxylation sites is 1. The van der Waals surface area contributed by atoms with Crippen molar-refractivity contribution in [3.05, 3.63) is 95.1 Å². The molecule has 5 aromatic rings. The van der Waals surface area contributed by atoms with Crippen molar-refractivity contribution in [1.82, 2.24) is 4.98 Å². The Morgan fingerprint density at radius 2 is 1.66 bits per heavy atom. The van der Waals surface area contributed by atoms with Crippen molar-refractivity contribution in [2.75, 3.05) is 20.0 Å². The summed E-state index contributed by atoms with van der Waals surface area (Å²) in [5.74, 6) is 0.439. The number of ether oxygens (including phenoxy) is 2. The molecule has 0 radical (unpaired) electrons. The number of carbonyl (C=O) groups excluding carboxylic acids is 1. The Morgan fingerprint density at radius 1 is 0.914 bits per heavy atom. The van der Waals surface area contributed by atoms with Crippen LogP contribution >= 0.6 is 11.3 Å². The third kappa shape index (κ3) is 4.00. The predicted molar refractivity (Wildman–Crippen MR) is 138 cm³/mol. The molecular weight excluding hydrogens is 463 g/mol. The highest BCUT2D eigenvalue weighted by Gasteiger charge is 2.24. The topological polar surface area (TPSA) is 74.4 Å². The van der Waals surface area contributed by atoms with Gasteiger partial charge in [0.15, 0.2) is 11.5 Å². The number of halogens is 1. The molecule has 0 spiro atoms. The van der Waals surface area contributed by atoms with Crippen molar-refractivity contribution in [3.8, 4) is 33.9 Å². The zero-order chi connectivity index (χ0) is 24.5. The van der Waals surface area contributed by atoms with Crippen LogP contribution in [0.5, 0.6) is 11.5 Å². The fraction of sp³-hybridized carbons (Fsp3) is 0.0714. The number of thiophene rings is 1. The summed E-state index contributed by atoms with van der Waals surface area (Å²) in [6, 6.07) is 22.8. The molecule has 0 aliphatic heterocycles. The molecule has 5 rings (SSSR count). The molecular formula is C28H21FN2O3S. The number of nitrogen functional groups attached to an aromatic ring is 1. The van der Waals surface area contributed by atoms with Gasteiger partial charge in [0.05, 0.1) is 25.6 Å². The highest BCUT2D eigenvalue weighted by Crippen LogP contribution is 2.46. The van der Waals surface area contributed by atoms with Gasteiger partial charge in [0.2, 0.25) is 5.78 Å². The van der Waals surface area contributed by atoms with Crippen LogP contribution in [0.4, 0.5) is 10.1 Å². The first-order valence-electron chi connectivity index (χ1n) is 10.8. The summed E-state index contributed by atoms with van der Waals surface area (Å²) >= 11 is 1.22. The van der Waals surface area contributed by atoms with E-state index in [0.717, 1.165) is 22.4 Å². The van der Waals surface area contributed by atoms with Gasteiger partial charge in [0.25, 0.3) is 0 Å². The van der Waals surface area contributed by atoms with Crippen LogP contribution in [0.15, 0.2) is 78.9 Å². The highest BCUT2D eigenvalue weighted by atomic mass is 32.1. The maximum Gasteiger partial charge on any atom is 0.205 e. The van der Waals surface area contributed by atoms with E-state index in [4.69, 9.17) is 20.2 Å². The minimum atomic E-state index is -0.410. The van der Waals surface area contributed by atoms with E-state index in [1.165, 1.54) is 35.6 Å². The van der Waals surface area contributed by atoms with Crippen molar-refractivity contribution >= 4 is 33.0 Å². The summed E-state index contributed by atoms with van der Waals surface area (Å²) in [5, 5.41) is 0.659. The van der Waals surface area contributed by atoms with Crippen LogP contribution in [-0.2, 0) is 0 Å². The normalized spacial score (nSPS) is 10.9. The molecule has 0 aliphatic rings. The van der Waals surface area contributed by atoms with Crippen molar-refractivity contribution in [3.63, 3.8) is 0 Å². The SMILES string of the molecule is COc1cccc(-c2cc(-c3ccccc3)nc3sc(C(=O)c4ccc(F)cc4)c(N)c23)c1OC. The lowest BCUT2D eigenvalue weighted by atomic mass is 9.97. The molecule has 0 unspecified atom stereocenters. The van der Waals surface area contributed by atoms with E-state index in [1.807, 2.05) is 54.6 Å². The molecule has 174 valence electrons. The number of fused-ring (bicyclic) bond motifs is 1. The molecule has 35 heavy (non-hydrogen) atoms. The molecule has 0 atom stereocenters. The Bertz CT molecular complexity index is 1550. The number of hydrogen-bond donors (Lipinski definition) is 1. The predicted octanol–water partition coefficient (Wildman–Crippen LogP) is 6.60. The van der Waals surface area contributed by atoms with Crippen LogP contribution in [0.25, 0.3) is 32.6 Å². The van der Waals surface area contributed by atoms with E-state index < -0.39 is 5.82 Å². The second kappa shape index (κ2) is 9.19. The number of pyridine rings is 1. The number of ketones is 1. The molecule has 0 bridgehead atoms. The van der Waals surface area contributed by atoms with Crippen molar-refractivity contribution in [1.29, 1.82) is 0 Å². The van der Waals surface area contributed by atoms with Gasteiger partial charge in [-0.2, -0.15) is 0 Å². The van der Waals surface area contributed by atoms with E-state index in [-0.39, 0.29) is 5.78 Å². The third-order valence-corrected chi connectivity index (χ3v) is 6.87. The van der Waals surface area contributed by atoms with Gasteiger partial charge in [-0.05, 0) is 36.4 Å². The van der Waals surface area contributed by atoms with Gasteiger partial charge in [-0.3, -0.25) is 4.79 Å². The number of benzene rings is 3. The molecule has 0 saturated carbocycles. The van der Waals surface area contributed by atoms with Gasteiger partial charge < -0.3 is 15.2 Å². The van der Waals surface area contributed by atoms with Gasteiger partial charge in [-0.1, -0.05) is 42.5 Å². The van der Waals surface area contributed by atoms with Gasteiger partial charge in [-0.15, -0.1) is 11.3 Å². The van der Waals surface area contributed by atoms with Gasteiger partial charge >= 0.3 is 0 Å². The molecule has 0 amide bonds. The third-order valence-electron chi connectivity index (χ3n) is 5.77. The Kier molecular flexibility index (Phi) is 5.93. The maximum absolute atomic E-state index is 13.4. The number of anilines is 1. The zero-order valence-electron chi connectivity index (χ0n) is 19.0.